The first-order valence-corrected chi connectivity index (χ1v) is 7.09. The van der Waals surface area contributed by atoms with Gasteiger partial charge in [0, 0.05) is 6.54 Å². The summed E-state index contributed by atoms with van der Waals surface area (Å²) in [5.41, 5.74) is -0.773. The molecule has 8 heteroatoms. The maximum absolute atomic E-state index is 13.6. The van der Waals surface area contributed by atoms with E-state index in [1.165, 1.54) is 12.1 Å². The molecule has 0 heterocycles. The molecule has 2 rings (SSSR count). The monoisotopic (exact) mass is 288 g/mol. The van der Waals surface area contributed by atoms with Gasteiger partial charge in [0.05, 0.1) is 16.0 Å². The molecule has 4 N–H and O–H groups in total. The van der Waals surface area contributed by atoms with Gasteiger partial charge in [0.15, 0.2) is 0 Å². The van der Waals surface area contributed by atoms with E-state index in [0.717, 1.165) is 6.07 Å². The number of rotatable bonds is 5. The molecule has 19 heavy (non-hydrogen) atoms. The van der Waals surface area contributed by atoms with E-state index in [-0.39, 0.29) is 17.1 Å². The zero-order valence-electron chi connectivity index (χ0n) is 9.89. The van der Waals surface area contributed by atoms with Crippen LogP contribution in [-0.4, -0.2) is 26.0 Å². The molecule has 1 aromatic rings. The highest BCUT2D eigenvalue weighted by atomic mass is 32.2. The largest absolute Gasteiger partial charge is 0.481 e. The van der Waals surface area contributed by atoms with Gasteiger partial charge in [0.1, 0.15) is 5.82 Å². The molecule has 0 amide bonds. The van der Waals surface area contributed by atoms with Gasteiger partial charge in [-0.05, 0) is 31.0 Å². The van der Waals surface area contributed by atoms with Crippen LogP contribution in [0.2, 0.25) is 0 Å². The first-order chi connectivity index (χ1) is 8.74. The number of halogens is 1. The minimum Gasteiger partial charge on any atom is -0.481 e. The summed E-state index contributed by atoms with van der Waals surface area (Å²) in [6.07, 6.45) is 1.10. The summed E-state index contributed by atoms with van der Waals surface area (Å²) < 4.78 is 35.7. The van der Waals surface area contributed by atoms with Crippen LogP contribution in [0.3, 0.4) is 0 Å². The highest BCUT2D eigenvalue weighted by Gasteiger charge is 2.50. The molecule has 1 aliphatic rings. The number of carboxylic acids is 1. The third kappa shape index (κ3) is 2.85. The number of anilines is 1. The van der Waals surface area contributed by atoms with Gasteiger partial charge in [-0.3, -0.25) is 4.79 Å². The third-order valence-corrected chi connectivity index (χ3v) is 4.10. The minimum atomic E-state index is -3.95. The standard InChI is InChI=1S/C11H13FN2O4S/c12-8-5-7(19(13,17)18)1-2-9(8)14-6-11(3-4-11)10(15)16/h1-2,5,14H,3-4,6H2,(H,15,16)(H2,13,17,18). The lowest BCUT2D eigenvalue weighted by molar-refractivity contribution is -0.142. The van der Waals surface area contributed by atoms with Gasteiger partial charge in [-0.25, -0.2) is 17.9 Å². The van der Waals surface area contributed by atoms with Crippen LogP contribution in [-0.2, 0) is 14.8 Å². The summed E-state index contributed by atoms with van der Waals surface area (Å²) in [5, 5.41) is 16.5. The Bertz CT molecular complexity index is 626. The summed E-state index contributed by atoms with van der Waals surface area (Å²) in [6.45, 7) is 0.105. The molecule has 0 spiro atoms. The second kappa shape index (κ2) is 4.46. The predicted molar refractivity (Wildman–Crippen MR) is 65.6 cm³/mol. The Kier molecular flexibility index (Phi) is 3.23. The number of benzene rings is 1. The predicted octanol–water partition coefficient (Wildman–Crippen LogP) is 0.750. The van der Waals surface area contributed by atoms with E-state index in [0.29, 0.717) is 12.8 Å². The number of sulfonamides is 1. The van der Waals surface area contributed by atoms with Gasteiger partial charge in [-0.2, -0.15) is 0 Å². The molecule has 1 aromatic carbocycles. The van der Waals surface area contributed by atoms with Crippen molar-refractivity contribution in [1.29, 1.82) is 0 Å². The van der Waals surface area contributed by atoms with E-state index >= 15 is 0 Å². The molecular formula is C11H13FN2O4S. The van der Waals surface area contributed by atoms with E-state index in [2.05, 4.69) is 5.32 Å². The summed E-state index contributed by atoms with van der Waals surface area (Å²) in [5.74, 6) is -1.70. The van der Waals surface area contributed by atoms with Gasteiger partial charge in [-0.15, -0.1) is 0 Å². The summed E-state index contributed by atoms with van der Waals surface area (Å²) in [4.78, 5) is 10.6. The van der Waals surface area contributed by atoms with Crippen molar-refractivity contribution in [3.05, 3.63) is 24.0 Å². The molecule has 0 aromatic heterocycles. The van der Waals surface area contributed by atoms with Crippen LogP contribution in [0.1, 0.15) is 12.8 Å². The van der Waals surface area contributed by atoms with Crippen LogP contribution < -0.4 is 10.5 Å². The lowest BCUT2D eigenvalue weighted by Crippen LogP contribution is -2.24. The molecule has 0 atom stereocenters. The van der Waals surface area contributed by atoms with Crippen LogP contribution in [0.5, 0.6) is 0 Å². The molecule has 0 bridgehead atoms. The lowest BCUT2D eigenvalue weighted by atomic mass is 10.1. The molecule has 0 radical (unpaired) electrons. The molecule has 0 aliphatic heterocycles. The number of carbonyl (C=O) groups is 1. The molecule has 104 valence electrons. The summed E-state index contributed by atoms with van der Waals surface area (Å²) in [6, 6.07) is 3.20. The van der Waals surface area contributed by atoms with E-state index in [9.17, 15) is 17.6 Å². The van der Waals surface area contributed by atoms with Gasteiger partial charge in [0.25, 0.3) is 0 Å². The van der Waals surface area contributed by atoms with Crippen LogP contribution >= 0.6 is 0 Å². The Hall–Kier alpha value is -1.67. The van der Waals surface area contributed by atoms with Gasteiger partial charge in [-0.1, -0.05) is 0 Å². The fourth-order valence-electron chi connectivity index (χ4n) is 1.70. The Morgan fingerprint density at radius 3 is 2.53 bits per heavy atom. The average molecular weight is 288 g/mol. The topological polar surface area (TPSA) is 109 Å². The van der Waals surface area contributed by atoms with Gasteiger partial charge >= 0.3 is 5.97 Å². The number of nitrogens with two attached hydrogens (primary N) is 1. The van der Waals surface area contributed by atoms with E-state index < -0.39 is 27.2 Å². The molecule has 6 nitrogen and oxygen atoms in total. The Morgan fingerprint density at radius 1 is 1.47 bits per heavy atom. The smallest absolute Gasteiger partial charge is 0.311 e. The Labute approximate surface area is 109 Å². The number of carboxylic acid groups (broad SMARTS) is 1. The van der Waals surface area contributed by atoms with Crippen molar-refractivity contribution >= 4 is 21.7 Å². The highest BCUT2D eigenvalue weighted by Crippen LogP contribution is 2.45. The quantitative estimate of drug-likeness (QED) is 0.740. The number of aliphatic carboxylic acids is 1. The Balaban J connectivity index is 2.13. The second-order valence-corrected chi connectivity index (χ2v) is 6.19. The molecule has 1 aliphatic carbocycles. The maximum Gasteiger partial charge on any atom is 0.311 e. The molecule has 1 fully saturated rings. The number of hydrogen-bond donors (Lipinski definition) is 3. The average Bonchev–Trinajstić information content (AvgIpc) is 3.07. The number of nitrogens with one attached hydrogen (secondary N) is 1. The van der Waals surface area contributed by atoms with Gasteiger partial charge in [0.2, 0.25) is 10.0 Å². The normalized spacial score (nSPS) is 16.9. The van der Waals surface area contributed by atoms with Crippen molar-refractivity contribution in [2.24, 2.45) is 10.6 Å². The van der Waals surface area contributed by atoms with Crippen LogP contribution in [0.25, 0.3) is 0 Å². The van der Waals surface area contributed by atoms with Crippen molar-refractivity contribution in [2.45, 2.75) is 17.7 Å². The molecule has 0 unspecified atom stereocenters. The molecular weight excluding hydrogens is 275 g/mol. The molecule has 0 saturated heterocycles. The first-order valence-electron chi connectivity index (χ1n) is 5.54. The van der Waals surface area contributed by atoms with Crippen molar-refractivity contribution in [3.63, 3.8) is 0 Å². The number of hydrogen-bond acceptors (Lipinski definition) is 4. The van der Waals surface area contributed by atoms with Crippen molar-refractivity contribution in [2.75, 3.05) is 11.9 Å². The zero-order chi connectivity index (χ0) is 14.3. The van der Waals surface area contributed by atoms with Crippen LogP contribution in [0, 0.1) is 11.2 Å². The van der Waals surface area contributed by atoms with Crippen molar-refractivity contribution in [1.82, 2.24) is 0 Å². The van der Waals surface area contributed by atoms with E-state index in [4.69, 9.17) is 10.2 Å². The Morgan fingerprint density at radius 2 is 2.11 bits per heavy atom. The fourth-order valence-corrected chi connectivity index (χ4v) is 2.22. The summed E-state index contributed by atoms with van der Waals surface area (Å²) in [7, 11) is -3.95. The van der Waals surface area contributed by atoms with Crippen molar-refractivity contribution < 1.29 is 22.7 Å². The van der Waals surface area contributed by atoms with E-state index in [1.807, 2.05) is 0 Å². The third-order valence-electron chi connectivity index (χ3n) is 3.19. The van der Waals surface area contributed by atoms with Crippen molar-refractivity contribution in [3.8, 4) is 0 Å². The summed E-state index contributed by atoms with van der Waals surface area (Å²) >= 11 is 0. The number of primary sulfonamides is 1. The lowest BCUT2D eigenvalue weighted by Gasteiger charge is -2.13. The maximum atomic E-state index is 13.6. The highest BCUT2D eigenvalue weighted by molar-refractivity contribution is 7.89. The molecule has 1 saturated carbocycles. The second-order valence-electron chi connectivity index (χ2n) is 4.63. The van der Waals surface area contributed by atoms with Gasteiger partial charge < -0.3 is 10.4 Å². The van der Waals surface area contributed by atoms with Crippen LogP contribution in [0.15, 0.2) is 23.1 Å². The first kappa shape index (κ1) is 13.8. The SMILES string of the molecule is NS(=O)(=O)c1ccc(NCC2(C(=O)O)CC2)c(F)c1. The zero-order valence-corrected chi connectivity index (χ0v) is 10.7. The minimum absolute atomic E-state index is 0.0555. The van der Waals surface area contributed by atoms with Crippen LogP contribution in [0.4, 0.5) is 10.1 Å². The fraction of sp³-hybridized carbons (Fsp3) is 0.364. The van der Waals surface area contributed by atoms with E-state index in [1.54, 1.807) is 0 Å².